The van der Waals surface area contributed by atoms with E-state index in [2.05, 4.69) is 4.98 Å². The number of nitrogens with zero attached hydrogens (tertiary/aromatic N) is 3. The molecule has 1 unspecified atom stereocenters. The van der Waals surface area contributed by atoms with Crippen LogP contribution >= 0.6 is 0 Å². The van der Waals surface area contributed by atoms with Crippen LogP contribution in [0.4, 0.5) is 4.79 Å². The quantitative estimate of drug-likeness (QED) is 0.871. The summed E-state index contributed by atoms with van der Waals surface area (Å²) in [5.41, 5.74) is 1.80. The third-order valence-corrected chi connectivity index (χ3v) is 4.48. The second-order valence-electron chi connectivity index (χ2n) is 5.99. The Morgan fingerprint density at radius 3 is 2.87 bits per heavy atom. The number of carbonyl (C=O) groups is 2. The van der Waals surface area contributed by atoms with Gasteiger partial charge in [-0.3, -0.25) is 14.7 Å². The zero-order valence-corrected chi connectivity index (χ0v) is 13.5. The molecule has 3 rings (SSSR count). The molecule has 0 N–H and O–H groups in total. The first-order chi connectivity index (χ1) is 11.1. The Balaban J connectivity index is 1.83. The molecule has 0 aliphatic carbocycles. The van der Waals surface area contributed by atoms with Gasteiger partial charge in [0.05, 0.1) is 12.1 Å². The average Bonchev–Trinajstić information content (AvgIpc) is 2.58. The van der Waals surface area contributed by atoms with E-state index in [-0.39, 0.29) is 18.0 Å². The third-order valence-electron chi connectivity index (χ3n) is 4.48. The van der Waals surface area contributed by atoms with Crippen LogP contribution in [0.5, 0.6) is 0 Å². The molecule has 0 radical (unpaired) electrons. The molecule has 3 amide bonds. The second kappa shape index (κ2) is 6.36. The first-order valence-electron chi connectivity index (χ1n) is 8.04. The van der Waals surface area contributed by atoms with Gasteiger partial charge < -0.3 is 4.90 Å². The predicted octanol–water partition coefficient (Wildman–Crippen LogP) is 3.19. The van der Waals surface area contributed by atoms with Gasteiger partial charge in [0.25, 0.3) is 0 Å². The SMILES string of the molecule is CCC(C)N1CCC(=O)N(Cc2ccc3cccnc3c2)C1=O. The first kappa shape index (κ1) is 15.5. The van der Waals surface area contributed by atoms with Crippen LogP contribution < -0.4 is 0 Å². The van der Waals surface area contributed by atoms with Crippen molar-refractivity contribution in [3.63, 3.8) is 0 Å². The molecular formula is C18H21N3O2. The van der Waals surface area contributed by atoms with Crippen molar-refractivity contribution in [2.45, 2.75) is 39.3 Å². The average molecular weight is 311 g/mol. The van der Waals surface area contributed by atoms with Gasteiger partial charge in [-0.25, -0.2) is 4.79 Å². The van der Waals surface area contributed by atoms with Crippen LogP contribution in [0.25, 0.3) is 10.9 Å². The fourth-order valence-electron chi connectivity index (χ4n) is 2.89. The fraction of sp³-hybridized carbons (Fsp3) is 0.389. The molecule has 23 heavy (non-hydrogen) atoms. The van der Waals surface area contributed by atoms with Gasteiger partial charge in [-0.2, -0.15) is 0 Å². The number of rotatable bonds is 4. The molecule has 2 aromatic rings. The number of hydrogen-bond acceptors (Lipinski definition) is 3. The van der Waals surface area contributed by atoms with E-state index in [4.69, 9.17) is 0 Å². The number of amides is 3. The monoisotopic (exact) mass is 311 g/mol. The zero-order chi connectivity index (χ0) is 16.4. The predicted molar refractivity (Wildman–Crippen MR) is 88.8 cm³/mol. The zero-order valence-electron chi connectivity index (χ0n) is 13.5. The maximum atomic E-state index is 12.6. The molecule has 2 heterocycles. The van der Waals surface area contributed by atoms with Crippen molar-refractivity contribution in [3.8, 4) is 0 Å². The minimum atomic E-state index is -0.184. The Morgan fingerprint density at radius 2 is 2.09 bits per heavy atom. The van der Waals surface area contributed by atoms with Crippen molar-refractivity contribution in [1.82, 2.24) is 14.8 Å². The van der Waals surface area contributed by atoms with E-state index < -0.39 is 0 Å². The lowest BCUT2D eigenvalue weighted by molar-refractivity contribution is -0.131. The second-order valence-corrected chi connectivity index (χ2v) is 5.99. The topological polar surface area (TPSA) is 53.5 Å². The van der Waals surface area contributed by atoms with Gasteiger partial charge in [-0.15, -0.1) is 0 Å². The molecule has 1 atom stereocenters. The van der Waals surface area contributed by atoms with E-state index in [0.29, 0.717) is 19.5 Å². The highest BCUT2D eigenvalue weighted by Crippen LogP contribution is 2.20. The number of aromatic nitrogens is 1. The maximum absolute atomic E-state index is 12.6. The summed E-state index contributed by atoms with van der Waals surface area (Å²) >= 11 is 0. The van der Waals surface area contributed by atoms with Crippen molar-refractivity contribution in [2.24, 2.45) is 0 Å². The summed E-state index contributed by atoms with van der Waals surface area (Å²) in [5.74, 6) is -0.101. The smallest absolute Gasteiger partial charge is 0.321 e. The number of pyridine rings is 1. The molecule has 1 aromatic carbocycles. The van der Waals surface area contributed by atoms with Gasteiger partial charge in [0, 0.05) is 30.6 Å². The molecular weight excluding hydrogens is 290 g/mol. The minimum absolute atomic E-state index is 0.101. The van der Waals surface area contributed by atoms with E-state index in [1.807, 2.05) is 44.2 Å². The maximum Gasteiger partial charge on any atom is 0.327 e. The Labute approximate surface area is 135 Å². The molecule has 1 saturated heterocycles. The Morgan fingerprint density at radius 1 is 1.26 bits per heavy atom. The summed E-state index contributed by atoms with van der Waals surface area (Å²) in [5, 5.41) is 1.05. The van der Waals surface area contributed by atoms with Crippen LogP contribution in [0.2, 0.25) is 0 Å². The lowest BCUT2D eigenvalue weighted by Crippen LogP contribution is -2.54. The van der Waals surface area contributed by atoms with Crippen molar-refractivity contribution < 1.29 is 9.59 Å². The van der Waals surface area contributed by atoms with Gasteiger partial charge >= 0.3 is 6.03 Å². The molecule has 5 heteroatoms. The standard InChI is InChI=1S/C18H21N3O2/c1-3-13(2)20-10-8-17(22)21(18(20)23)12-14-6-7-15-5-4-9-19-16(15)11-14/h4-7,9,11,13H,3,8,10,12H2,1-2H3. The molecule has 120 valence electrons. The highest BCUT2D eigenvalue weighted by Gasteiger charge is 2.33. The van der Waals surface area contributed by atoms with E-state index in [9.17, 15) is 9.59 Å². The summed E-state index contributed by atoms with van der Waals surface area (Å²) in [6, 6.07) is 9.72. The number of benzene rings is 1. The number of carbonyl (C=O) groups excluding carboxylic acids is 2. The minimum Gasteiger partial charge on any atom is -0.321 e. The largest absolute Gasteiger partial charge is 0.327 e. The van der Waals surface area contributed by atoms with Crippen molar-refractivity contribution >= 4 is 22.8 Å². The lowest BCUT2D eigenvalue weighted by Gasteiger charge is -2.37. The van der Waals surface area contributed by atoms with E-state index in [1.54, 1.807) is 11.1 Å². The van der Waals surface area contributed by atoms with Crippen LogP contribution in [-0.2, 0) is 11.3 Å². The molecule has 5 nitrogen and oxygen atoms in total. The van der Waals surface area contributed by atoms with Crippen LogP contribution in [-0.4, -0.2) is 39.3 Å². The fourth-order valence-corrected chi connectivity index (χ4v) is 2.89. The first-order valence-corrected chi connectivity index (χ1v) is 8.04. The van der Waals surface area contributed by atoms with Crippen molar-refractivity contribution in [2.75, 3.05) is 6.54 Å². The highest BCUT2D eigenvalue weighted by atomic mass is 16.2. The van der Waals surface area contributed by atoms with Crippen LogP contribution in [0.1, 0.15) is 32.3 Å². The Bertz CT molecular complexity index is 744. The number of hydrogen-bond donors (Lipinski definition) is 0. The summed E-state index contributed by atoms with van der Waals surface area (Å²) in [6.45, 7) is 4.89. The van der Waals surface area contributed by atoms with Gasteiger partial charge in [0.2, 0.25) is 5.91 Å². The molecule has 1 aromatic heterocycles. The van der Waals surface area contributed by atoms with E-state index in [0.717, 1.165) is 22.9 Å². The Kier molecular flexibility index (Phi) is 4.28. The van der Waals surface area contributed by atoms with Crippen molar-refractivity contribution in [1.29, 1.82) is 0 Å². The molecule has 1 fully saturated rings. The molecule has 0 bridgehead atoms. The van der Waals surface area contributed by atoms with Crippen molar-refractivity contribution in [3.05, 3.63) is 42.1 Å². The highest BCUT2D eigenvalue weighted by molar-refractivity contribution is 5.97. The number of fused-ring (bicyclic) bond motifs is 1. The lowest BCUT2D eigenvalue weighted by atomic mass is 10.1. The number of imide groups is 1. The van der Waals surface area contributed by atoms with Gasteiger partial charge in [-0.1, -0.05) is 25.1 Å². The summed E-state index contributed by atoms with van der Waals surface area (Å²) in [4.78, 5) is 32.3. The molecule has 0 spiro atoms. The summed E-state index contributed by atoms with van der Waals surface area (Å²) in [7, 11) is 0. The molecule has 0 saturated carbocycles. The summed E-state index contributed by atoms with van der Waals surface area (Å²) in [6.07, 6.45) is 3.02. The third kappa shape index (κ3) is 3.04. The normalized spacial score (nSPS) is 17.0. The Hall–Kier alpha value is -2.43. The van der Waals surface area contributed by atoms with Gasteiger partial charge in [0.15, 0.2) is 0 Å². The van der Waals surface area contributed by atoms with Gasteiger partial charge in [0.1, 0.15) is 0 Å². The summed E-state index contributed by atoms with van der Waals surface area (Å²) < 4.78 is 0. The van der Waals surface area contributed by atoms with Crippen LogP contribution in [0.15, 0.2) is 36.5 Å². The van der Waals surface area contributed by atoms with E-state index in [1.165, 1.54) is 4.90 Å². The van der Waals surface area contributed by atoms with Gasteiger partial charge in [-0.05, 0) is 31.0 Å². The van der Waals surface area contributed by atoms with Crippen LogP contribution in [0, 0.1) is 0 Å². The van der Waals surface area contributed by atoms with Crippen LogP contribution in [0.3, 0.4) is 0 Å². The molecule has 1 aliphatic heterocycles. The molecule has 1 aliphatic rings. The number of urea groups is 1. The van der Waals surface area contributed by atoms with E-state index >= 15 is 0 Å².